The molecular weight excluding hydrogens is 248 g/mol. The van der Waals surface area contributed by atoms with Crippen molar-refractivity contribution in [2.75, 3.05) is 19.6 Å². The van der Waals surface area contributed by atoms with Gasteiger partial charge in [0.2, 0.25) is 5.91 Å². The lowest BCUT2D eigenvalue weighted by Gasteiger charge is -2.41. The molecule has 4 heteroatoms. The van der Waals surface area contributed by atoms with Crippen LogP contribution in [-0.2, 0) is 10.2 Å². The van der Waals surface area contributed by atoms with Crippen LogP contribution in [0.2, 0.25) is 0 Å². The van der Waals surface area contributed by atoms with Crippen molar-refractivity contribution in [3.63, 3.8) is 0 Å². The molecule has 1 aliphatic heterocycles. The van der Waals surface area contributed by atoms with E-state index in [0.717, 1.165) is 25.9 Å². The summed E-state index contributed by atoms with van der Waals surface area (Å²) in [7, 11) is 0. The zero-order valence-corrected chi connectivity index (χ0v) is 11.6. The van der Waals surface area contributed by atoms with Crippen molar-refractivity contribution in [1.82, 2.24) is 4.90 Å². The first-order chi connectivity index (χ1) is 8.18. The molecular formula is C14H21ClN2O. The third-order valence-electron chi connectivity index (χ3n) is 3.94. The van der Waals surface area contributed by atoms with Crippen LogP contribution in [0.15, 0.2) is 30.3 Å². The second-order valence-electron chi connectivity index (χ2n) is 4.86. The first kappa shape index (κ1) is 15.0. The van der Waals surface area contributed by atoms with Gasteiger partial charge in [-0.25, -0.2) is 0 Å². The molecule has 1 heterocycles. The highest BCUT2D eigenvalue weighted by atomic mass is 35.5. The summed E-state index contributed by atoms with van der Waals surface area (Å²) >= 11 is 0. The van der Waals surface area contributed by atoms with Gasteiger partial charge in [0.25, 0.3) is 0 Å². The van der Waals surface area contributed by atoms with Crippen molar-refractivity contribution in [1.29, 1.82) is 0 Å². The Morgan fingerprint density at radius 2 is 1.83 bits per heavy atom. The van der Waals surface area contributed by atoms with E-state index in [1.54, 1.807) is 6.92 Å². The number of hydrogen-bond acceptors (Lipinski definition) is 2. The number of likely N-dealkylation sites (tertiary alicyclic amines) is 1. The molecule has 1 amide bonds. The first-order valence-corrected chi connectivity index (χ1v) is 6.19. The molecule has 1 aromatic carbocycles. The molecule has 0 unspecified atom stereocenters. The SMILES string of the molecule is CC(=O)N1CCC(CN)(c2ccccc2)CC1.Cl. The molecule has 1 aromatic rings. The Hall–Kier alpha value is -1.06. The average molecular weight is 269 g/mol. The van der Waals surface area contributed by atoms with Crippen LogP contribution < -0.4 is 5.73 Å². The molecule has 0 atom stereocenters. The van der Waals surface area contributed by atoms with Gasteiger partial charge in [0.1, 0.15) is 0 Å². The van der Waals surface area contributed by atoms with Gasteiger partial charge >= 0.3 is 0 Å². The number of carbonyl (C=O) groups is 1. The van der Waals surface area contributed by atoms with Crippen molar-refractivity contribution < 1.29 is 4.79 Å². The van der Waals surface area contributed by atoms with Crippen molar-refractivity contribution >= 4 is 18.3 Å². The van der Waals surface area contributed by atoms with Crippen LogP contribution in [0.3, 0.4) is 0 Å². The summed E-state index contributed by atoms with van der Waals surface area (Å²) in [4.78, 5) is 13.2. The van der Waals surface area contributed by atoms with Crippen LogP contribution in [0.1, 0.15) is 25.3 Å². The first-order valence-electron chi connectivity index (χ1n) is 6.19. The number of rotatable bonds is 2. The lowest BCUT2D eigenvalue weighted by atomic mass is 9.73. The standard InChI is InChI=1S/C14H20N2O.ClH/c1-12(17)16-9-7-14(11-15,8-10-16)13-5-3-2-4-6-13;/h2-6H,7-11,15H2,1H3;1H. The van der Waals surface area contributed by atoms with Crippen LogP contribution in [0.4, 0.5) is 0 Å². The van der Waals surface area contributed by atoms with Crippen LogP contribution in [0.25, 0.3) is 0 Å². The van der Waals surface area contributed by atoms with Gasteiger partial charge in [-0.3, -0.25) is 4.79 Å². The van der Waals surface area contributed by atoms with E-state index in [4.69, 9.17) is 5.73 Å². The van der Waals surface area contributed by atoms with Gasteiger partial charge in [-0.15, -0.1) is 12.4 Å². The Kier molecular flexibility index (Phi) is 5.17. The molecule has 0 spiro atoms. The van der Waals surface area contributed by atoms with Crippen LogP contribution >= 0.6 is 12.4 Å². The number of nitrogens with two attached hydrogens (primary N) is 1. The maximum Gasteiger partial charge on any atom is 0.219 e. The molecule has 1 saturated heterocycles. The Morgan fingerprint density at radius 3 is 2.28 bits per heavy atom. The molecule has 18 heavy (non-hydrogen) atoms. The molecule has 1 fully saturated rings. The molecule has 2 N–H and O–H groups in total. The number of benzene rings is 1. The van der Waals surface area contributed by atoms with Gasteiger partial charge in [0, 0.05) is 32.0 Å². The lowest BCUT2D eigenvalue weighted by molar-refractivity contribution is -0.130. The molecule has 0 radical (unpaired) electrons. The fourth-order valence-electron chi connectivity index (χ4n) is 2.65. The molecule has 3 nitrogen and oxygen atoms in total. The van der Waals surface area contributed by atoms with Gasteiger partial charge in [-0.1, -0.05) is 30.3 Å². The number of piperidine rings is 1. The summed E-state index contributed by atoms with van der Waals surface area (Å²) in [5, 5.41) is 0. The zero-order valence-electron chi connectivity index (χ0n) is 10.8. The predicted molar refractivity (Wildman–Crippen MR) is 75.9 cm³/mol. The molecule has 0 bridgehead atoms. The molecule has 0 saturated carbocycles. The Balaban J connectivity index is 0.00000162. The quantitative estimate of drug-likeness (QED) is 0.891. The minimum Gasteiger partial charge on any atom is -0.343 e. The lowest BCUT2D eigenvalue weighted by Crippen LogP contribution is -2.48. The Labute approximate surface area is 115 Å². The second-order valence-corrected chi connectivity index (χ2v) is 4.86. The minimum absolute atomic E-state index is 0. The summed E-state index contributed by atoms with van der Waals surface area (Å²) in [5.41, 5.74) is 7.36. The number of halogens is 1. The average Bonchev–Trinajstić information content (AvgIpc) is 2.40. The normalized spacial score (nSPS) is 18.0. The number of nitrogens with zero attached hydrogens (tertiary/aromatic N) is 1. The predicted octanol–water partition coefficient (Wildman–Crippen LogP) is 1.95. The fourth-order valence-corrected chi connectivity index (χ4v) is 2.65. The van der Waals surface area contributed by atoms with E-state index < -0.39 is 0 Å². The van der Waals surface area contributed by atoms with E-state index in [9.17, 15) is 4.79 Å². The molecule has 0 aliphatic carbocycles. The van der Waals surface area contributed by atoms with Crippen LogP contribution in [-0.4, -0.2) is 30.4 Å². The second kappa shape index (κ2) is 6.21. The van der Waals surface area contributed by atoms with Crippen molar-refractivity contribution in [3.05, 3.63) is 35.9 Å². The topological polar surface area (TPSA) is 46.3 Å². The smallest absolute Gasteiger partial charge is 0.219 e. The van der Waals surface area contributed by atoms with Crippen LogP contribution in [0.5, 0.6) is 0 Å². The molecule has 0 aromatic heterocycles. The highest BCUT2D eigenvalue weighted by Crippen LogP contribution is 2.34. The van der Waals surface area contributed by atoms with Gasteiger partial charge < -0.3 is 10.6 Å². The van der Waals surface area contributed by atoms with Crippen molar-refractivity contribution in [3.8, 4) is 0 Å². The summed E-state index contributed by atoms with van der Waals surface area (Å²) in [6.45, 7) is 3.93. The maximum atomic E-state index is 11.3. The zero-order chi connectivity index (χ0) is 12.3. The van der Waals surface area contributed by atoms with E-state index >= 15 is 0 Å². The molecule has 2 rings (SSSR count). The van der Waals surface area contributed by atoms with E-state index in [1.165, 1.54) is 5.56 Å². The summed E-state index contributed by atoms with van der Waals surface area (Å²) in [6.07, 6.45) is 1.93. The van der Waals surface area contributed by atoms with Gasteiger partial charge in [-0.05, 0) is 18.4 Å². The highest BCUT2D eigenvalue weighted by Gasteiger charge is 2.35. The van der Waals surface area contributed by atoms with Crippen molar-refractivity contribution in [2.45, 2.75) is 25.2 Å². The van der Waals surface area contributed by atoms with E-state index in [2.05, 4.69) is 24.3 Å². The number of amides is 1. The fraction of sp³-hybridized carbons (Fsp3) is 0.500. The monoisotopic (exact) mass is 268 g/mol. The number of hydrogen-bond donors (Lipinski definition) is 1. The van der Waals surface area contributed by atoms with E-state index in [-0.39, 0.29) is 23.7 Å². The van der Waals surface area contributed by atoms with E-state index in [1.807, 2.05) is 11.0 Å². The minimum atomic E-state index is 0. The summed E-state index contributed by atoms with van der Waals surface area (Å²) in [5.74, 6) is 0.170. The van der Waals surface area contributed by atoms with E-state index in [0.29, 0.717) is 6.54 Å². The van der Waals surface area contributed by atoms with Gasteiger partial charge in [0.05, 0.1) is 0 Å². The van der Waals surface area contributed by atoms with Gasteiger partial charge in [0.15, 0.2) is 0 Å². The molecule has 1 aliphatic rings. The Bertz CT molecular complexity index is 386. The van der Waals surface area contributed by atoms with Crippen LogP contribution in [0, 0.1) is 0 Å². The summed E-state index contributed by atoms with van der Waals surface area (Å²) in [6, 6.07) is 10.4. The molecule has 100 valence electrons. The van der Waals surface area contributed by atoms with Gasteiger partial charge in [-0.2, -0.15) is 0 Å². The summed E-state index contributed by atoms with van der Waals surface area (Å²) < 4.78 is 0. The largest absolute Gasteiger partial charge is 0.343 e. The number of carbonyl (C=O) groups excluding carboxylic acids is 1. The highest BCUT2D eigenvalue weighted by molar-refractivity contribution is 5.85. The third kappa shape index (κ3) is 2.85. The third-order valence-corrected chi connectivity index (χ3v) is 3.94. The van der Waals surface area contributed by atoms with Crippen molar-refractivity contribution in [2.24, 2.45) is 5.73 Å². The Morgan fingerprint density at radius 1 is 1.28 bits per heavy atom. The maximum absolute atomic E-state index is 11.3.